The summed E-state index contributed by atoms with van der Waals surface area (Å²) in [6.07, 6.45) is 9.16. The van der Waals surface area contributed by atoms with Gasteiger partial charge in [-0.1, -0.05) is 20.8 Å². The average Bonchev–Trinajstić information content (AvgIpc) is 2.77. The highest BCUT2D eigenvalue weighted by atomic mass is 16.3. The second kappa shape index (κ2) is 4.82. The summed E-state index contributed by atoms with van der Waals surface area (Å²) in [6, 6.07) is 0. The Bertz CT molecular complexity index is 486. The van der Waals surface area contributed by atoms with Crippen molar-refractivity contribution in [2.75, 3.05) is 0 Å². The van der Waals surface area contributed by atoms with E-state index in [0.717, 1.165) is 37.0 Å². The van der Waals surface area contributed by atoms with Gasteiger partial charge in [0.05, 0.1) is 6.10 Å². The van der Waals surface area contributed by atoms with Crippen molar-refractivity contribution in [3.63, 3.8) is 0 Å². The van der Waals surface area contributed by atoms with Gasteiger partial charge in [0.1, 0.15) is 5.78 Å². The lowest BCUT2D eigenvalue weighted by molar-refractivity contribution is -0.148. The van der Waals surface area contributed by atoms with Gasteiger partial charge in [-0.25, -0.2) is 0 Å². The SMILES string of the molecule is C[C@@H]1C[C@]2(C)C3CC[C@]4(C)C(O)CCC4C3CC[C@H]2CC1=O. The van der Waals surface area contributed by atoms with Crippen LogP contribution in [0.2, 0.25) is 0 Å². The Morgan fingerprint density at radius 3 is 2.50 bits per heavy atom. The Morgan fingerprint density at radius 2 is 1.73 bits per heavy atom. The Balaban J connectivity index is 1.65. The molecule has 0 aromatic carbocycles. The van der Waals surface area contributed by atoms with E-state index in [0.29, 0.717) is 17.1 Å². The summed E-state index contributed by atoms with van der Waals surface area (Å²) in [5, 5.41) is 10.5. The molecule has 4 unspecified atom stereocenters. The van der Waals surface area contributed by atoms with Crippen molar-refractivity contribution in [2.24, 2.45) is 40.4 Å². The van der Waals surface area contributed by atoms with Gasteiger partial charge in [0.25, 0.3) is 0 Å². The number of hydrogen-bond acceptors (Lipinski definition) is 2. The molecule has 0 aromatic rings. The number of aliphatic hydroxyl groups excluding tert-OH is 1. The van der Waals surface area contributed by atoms with E-state index in [4.69, 9.17) is 0 Å². The van der Waals surface area contributed by atoms with Crippen LogP contribution in [0.3, 0.4) is 0 Å². The summed E-state index contributed by atoms with van der Waals surface area (Å²) in [5.41, 5.74) is 0.561. The highest BCUT2D eigenvalue weighted by Gasteiger charge is 2.60. The first-order chi connectivity index (χ1) is 10.4. The number of rotatable bonds is 0. The minimum atomic E-state index is -0.0733. The quantitative estimate of drug-likeness (QED) is 0.728. The van der Waals surface area contributed by atoms with Crippen LogP contribution in [0.25, 0.3) is 0 Å². The maximum absolute atomic E-state index is 12.2. The van der Waals surface area contributed by atoms with Crippen LogP contribution in [0.1, 0.15) is 72.1 Å². The molecule has 0 saturated heterocycles. The van der Waals surface area contributed by atoms with Crippen LogP contribution in [-0.4, -0.2) is 17.0 Å². The minimum Gasteiger partial charge on any atom is -0.393 e. The van der Waals surface area contributed by atoms with Gasteiger partial charge in [-0.15, -0.1) is 0 Å². The zero-order chi connectivity index (χ0) is 15.7. The third kappa shape index (κ3) is 1.85. The number of carbonyl (C=O) groups is 1. The second-order valence-electron chi connectivity index (χ2n) is 9.57. The molecule has 0 radical (unpaired) electrons. The van der Waals surface area contributed by atoms with E-state index in [9.17, 15) is 9.90 Å². The molecule has 0 bridgehead atoms. The Kier molecular flexibility index (Phi) is 3.32. The molecule has 8 atom stereocenters. The number of aliphatic hydroxyl groups is 1. The first-order valence-electron chi connectivity index (χ1n) is 9.57. The Morgan fingerprint density at radius 1 is 1.00 bits per heavy atom. The van der Waals surface area contributed by atoms with Crippen LogP contribution < -0.4 is 0 Å². The number of fused-ring (bicyclic) bond motifs is 5. The van der Waals surface area contributed by atoms with Gasteiger partial charge in [0.2, 0.25) is 0 Å². The van der Waals surface area contributed by atoms with Crippen molar-refractivity contribution < 1.29 is 9.90 Å². The van der Waals surface area contributed by atoms with Crippen molar-refractivity contribution in [2.45, 2.75) is 78.2 Å². The number of hydrogen-bond donors (Lipinski definition) is 1. The molecule has 4 rings (SSSR count). The van der Waals surface area contributed by atoms with E-state index in [1.807, 2.05) is 0 Å². The molecular weight excluding hydrogens is 272 g/mol. The molecular formula is C20H32O2. The molecule has 0 amide bonds. The predicted molar refractivity (Wildman–Crippen MR) is 87.3 cm³/mol. The van der Waals surface area contributed by atoms with E-state index in [2.05, 4.69) is 20.8 Å². The monoisotopic (exact) mass is 304 g/mol. The maximum Gasteiger partial charge on any atom is 0.136 e. The fourth-order valence-electron chi connectivity index (χ4n) is 7.38. The van der Waals surface area contributed by atoms with Gasteiger partial charge < -0.3 is 5.11 Å². The lowest BCUT2D eigenvalue weighted by Gasteiger charge is -2.60. The highest BCUT2D eigenvalue weighted by Crippen LogP contribution is 2.66. The molecule has 4 aliphatic rings. The maximum atomic E-state index is 12.2. The molecule has 22 heavy (non-hydrogen) atoms. The minimum absolute atomic E-state index is 0.0733. The second-order valence-corrected chi connectivity index (χ2v) is 9.57. The predicted octanol–water partition coefficient (Wildman–Crippen LogP) is 4.21. The average molecular weight is 304 g/mol. The largest absolute Gasteiger partial charge is 0.393 e. The number of ketones is 1. The zero-order valence-corrected chi connectivity index (χ0v) is 14.5. The fourth-order valence-corrected chi connectivity index (χ4v) is 7.38. The van der Waals surface area contributed by atoms with Gasteiger partial charge in [-0.3, -0.25) is 4.79 Å². The summed E-state index contributed by atoms with van der Waals surface area (Å²) in [6.45, 7) is 7.01. The van der Waals surface area contributed by atoms with E-state index in [1.165, 1.54) is 32.1 Å². The van der Waals surface area contributed by atoms with E-state index >= 15 is 0 Å². The molecule has 0 spiro atoms. The van der Waals surface area contributed by atoms with Crippen LogP contribution in [-0.2, 0) is 4.79 Å². The molecule has 2 nitrogen and oxygen atoms in total. The molecule has 124 valence electrons. The summed E-state index contributed by atoms with van der Waals surface area (Å²) < 4.78 is 0. The summed E-state index contributed by atoms with van der Waals surface area (Å²) >= 11 is 0. The van der Waals surface area contributed by atoms with Gasteiger partial charge in [-0.2, -0.15) is 0 Å². The molecule has 4 saturated carbocycles. The lowest BCUT2D eigenvalue weighted by Crippen LogP contribution is -2.55. The zero-order valence-electron chi connectivity index (χ0n) is 14.5. The van der Waals surface area contributed by atoms with Crippen molar-refractivity contribution in [3.05, 3.63) is 0 Å². The molecule has 4 fully saturated rings. The van der Waals surface area contributed by atoms with Crippen LogP contribution in [0.5, 0.6) is 0 Å². The molecule has 0 aliphatic heterocycles. The third-order valence-electron chi connectivity index (χ3n) is 8.76. The Labute approximate surface area is 135 Å². The smallest absolute Gasteiger partial charge is 0.136 e. The summed E-state index contributed by atoms with van der Waals surface area (Å²) in [5.74, 6) is 3.74. The molecule has 2 heteroatoms. The van der Waals surface area contributed by atoms with Crippen molar-refractivity contribution >= 4 is 5.78 Å². The number of Topliss-reactive ketones (excluding diaryl/α,β-unsaturated/α-hetero) is 1. The molecule has 4 aliphatic carbocycles. The van der Waals surface area contributed by atoms with Crippen molar-refractivity contribution in [1.82, 2.24) is 0 Å². The topological polar surface area (TPSA) is 37.3 Å². The van der Waals surface area contributed by atoms with Crippen molar-refractivity contribution in [1.29, 1.82) is 0 Å². The molecule has 0 heterocycles. The van der Waals surface area contributed by atoms with E-state index in [1.54, 1.807) is 0 Å². The van der Waals surface area contributed by atoms with E-state index in [-0.39, 0.29) is 17.4 Å². The normalized spacial score (nSPS) is 57.9. The van der Waals surface area contributed by atoms with Crippen LogP contribution in [0, 0.1) is 40.4 Å². The van der Waals surface area contributed by atoms with Gasteiger partial charge in [0, 0.05) is 12.3 Å². The van der Waals surface area contributed by atoms with Crippen LogP contribution in [0.4, 0.5) is 0 Å². The van der Waals surface area contributed by atoms with Gasteiger partial charge in [0.15, 0.2) is 0 Å². The van der Waals surface area contributed by atoms with Crippen molar-refractivity contribution in [3.8, 4) is 0 Å². The number of carbonyl (C=O) groups excluding carboxylic acids is 1. The van der Waals surface area contributed by atoms with Gasteiger partial charge >= 0.3 is 0 Å². The molecule has 1 N–H and O–H groups in total. The fraction of sp³-hybridized carbons (Fsp3) is 0.950. The van der Waals surface area contributed by atoms with Crippen LogP contribution >= 0.6 is 0 Å². The standard InChI is InChI=1S/C20H32O2/c1-12-11-20(3)13(10-17(12)21)4-5-14-15-6-7-18(22)19(15,2)9-8-16(14)20/h12-16,18,22H,4-11H2,1-3H3/t12-,13+,14?,15?,16?,18?,19+,20+/m1/s1. The summed E-state index contributed by atoms with van der Waals surface area (Å²) in [7, 11) is 0. The van der Waals surface area contributed by atoms with Crippen LogP contribution in [0.15, 0.2) is 0 Å². The first-order valence-corrected chi connectivity index (χ1v) is 9.57. The molecule has 0 aromatic heterocycles. The third-order valence-corrected chi connectivity index (χ3v) is 8.76. The van der Waals surface area contributed by atoms with E-state index < -0.39 is 0 Å². The first kappa shape index (κ1) is 15.2. The van der Waals surface area contributed by atoms with Gasteiger partial charge in [-0.05, 0) is 79.4 Å². The summed E-state index contributed by atoms with van der Waals surface area (Å²) in [4.78, 5) is 12.2. The Hall–Kier alpha value is -0.370. The highest BCUT2D eigenvalue weighted by molar-refractivity contribution is 5.82. The lowest BCUT2D eigenvalue weighted by atomic mass is 9.44.